The number of benzene rings is 1. The summed E-state index contributed by atoms with van der Waals surface area (Å²) in [6, 6.07) is 5.68. The Bertz CT molecular complexity index is 772. The van der Waals surface area contributed by atoms with Gasteiger partial charge in [0.25, 0.3) is 5.91 Å². The van der Waals surface area contributed by atoms with Crippen molar-refractivity contribution >= 4 is 29.1 Å². The van der Waals surface area contributed by atoms with Crippen molar-refractivity contribution in [3.05, 3.63) is 45.8 Å². The van der Waals surface area contributed by atoms with Crippen LogP contribution in [-0.4, -0.2) is 15.9 Å². The first-order valence-electron chi connectivity index (χ1n) is 6.74. The van der Waals surface area contributed by atoms with Gasteiger partial charge in [-0.1, -0.05) is 17.7 Å². The van der Waals surface area contributed by atoms with Gasteiger partial charge >= 0.3 is 0 Å². The second-order valence-electron chi connectivity index (χ2n) is 5.49. The fraction of sp³-hybridized carbons (Fsp3) is 0.267. The Kier molecular flexibility index (Phi) is 2.75. The number of nitrogens with zero attached hydrogens (tertiary/aromatic N) is 2. The van der Waals surface area contributed by atoms with E-state index in [1.807, 2.05) is 18.2 Å². The maximum absolute atomic E-state index is 12.1. The fourth-order valence-electron chi connectivity index (χ4n) is 3.11. The Balaban J connectivity index is 1.88. The van der Waals surface area contributed by atoms with E-state index < -0.39 is 0 Å². The van der Waals surface area contributed by atoms with Gasteiger partial charge in [0.1, 0.15) is 0 Å². The van der Waals surface area contributed by atoms with E-state index in [9.17, 15) is 4.79 Å². The molecule has 21 heavy (non-hydrogen) atoms. The normalized spacial score (nSPS) is 18.3. The van der Waals surface area contributed by atoms with Gasteiger partial charge in [-0.2, -0.15) is 0 Å². The van der Waals surface area contributed by atoms with Crippen molar-refractivity contribution in [2.75, 3.05) is 0 Å². The van der Waals surface area contributed by atoms with Gasteiger partial charge in [0.15, 0.2) is 0 Å². The molecule has 2 aliphatic rings. The second-order valence-corrected chi connectivity index (χ2v) is 6.23. The lowest BCUT2D eigenvalue weighted by atomic mass is 9.72. The molecule has 4 nitrogen and oxygen atoms in total. The van der Waals surface area contributed by atoms with E-state index in [4.69, 9.17) is 23.2 Å². The number of hydrogen-bond acceptors (Lipinski definition) is 3. The minimum atomic E-state index is -0.189. The van der Waals surface area contributed by atoms with Gasteiger partial charge in [0.2, 0.25) is 5.28 Å². The number of rotatable bonds is 1. The molecule has 1 aliphatic carbocycles. The van der Waals surface area contributed by atoms with Gasteiger partial charge in [0.05, 0.1) is 22.5 Å². The number of nitrogens with one attached hydrogen (secondary N) is 1. The molecule has 1 aromatic heterocycles. The second kappa shape index (κ2) is 4.42. The Morgan fingerprint density at radius 2 is 2.05 bits per heavy atom. The molecule has 0 bridgehead atoms. The lowest BCUT2D eigenvalue weighted by Gasteiger charge is -2.39. The van der Waals surface area contributed by atoms with Crippen LogP contribution in [0.15, 0.2) is 24.4 Å². The maximum atomic E-state index is 12.1. The topological polar surface area (TPSA) is 54.9 Å². The van der Waals surface area contributed by atoms with E-state index in [-0.39, 0.29) is 16.7 Å². The van der Waals surface area contributed by atoms with Gasteiger partial charge in [-0.05, 0) is 48.6 Å². The highest BCUT2D eigenvalue weighted by molar-refractivity contribution is 6.33. The molecule has 1 aromatic carbocycles. The van der Waals surface area contributed by atoms with Gasteiger partial charge in [-0.3, -0.25) is 4.79 Å². The number of carbonyl (C=O) groups excluding carboxylic acids is 1. The standard InChI is InChI=1S/C15H11Cl2N3O/c16-11-7-18-14(17)19-12(11)8-2-3-9-10(6-8)15(4-1-5-15)20-13(9)21/h2-3,6-7H,1,4-5H2,(H,20,21). The first kappa shape index (κ1) is 13.0. The van der Waals surface area contributed by atoms with E-state index in [0.29, 0.717) is 10.7 Å². The third kappa shape index (κ3) is 1.86. The number of halogens is 2. The molecule has 2 heterocycles. The summed E-state index contributed by atoms with van der Waals surface area (Å²) >= 11 is 12.0. The molecule has 106 valence electrons. The van der Waals surface area contributed by atoms with Crippen molar-refractivity contribution in [2.24, 2.45) is 0 Å². The molecule has 0 radical (unpaired) electrons. The summed E-state index contributed by atoms with van der Waals surface area (Å²) in [7, 11) is 0. The molecule has 1 saturated carbocycles. The molecule has 0 unspecified atom stereocenters. The van der Waals surface area contributed by atoms with Crippen LogP contribution >= 0.6 is 23.2 Å². The van der Waals surface area contributed by atoms with Crippen LogP contribution < -0.4 is 5.32 Å². The molecule has 1 amide bonds. The highest BCUT2D eigenvalue weighted by Crippen LogP contribution is 2.47. The Morgan fingerprint density at radius 3 is 2.76 bits per heavy atom. The predicted molar refractivity (Wildman–Crippen MR) is 80.5 cm³/mol. The van der Waals surface area contributed by atoms with Gasteiger partial charge in [-0.25, -0.2) is 9.97 Å². The number of fused-ring (bicyclic) bond motifs is 2. The highest BCUT2D eigenvalue weighted by Gasteiger charge is 2.47. The van der Waals surface area contributed by atoms with E-state index in [1.54, 1.807) is 0 Å². The Morgan fingerprint density at radius 1 is 1.24 bits per heavy atom. The first-order valence-corrected chi connectivity index (χ1v) is 7.50. The molecular formula is C15H11Cl2N3O. The average Bonchev–Trinajstić information content (AvgIpc) is 2.74. The summed E-state index contributed by atoms with van der Waals surface area (Å²) in [6.45, 7) is 0. The van der Waals surface area contributed by atoms with Crippen LogP contribution in [-0.2, 0) is 5.54 Å². The highest BCUT2D eigenvalue weighted by atomic mass is 35.5. The Hall–Kier alpha value is -1.65. The monoisotopic (exact) mass is 319 g/mol. The molecule has 0 saturated heterocycles. The molecule has 1 aliphatic heterocycles. The first-order chi connectivity index (χ1) is 10.1. The minimum Gasteiger partial charge on any atom is -0.342 e. The quantitative estimate of drug-likeness (QED) is 0.817. The van der Waals surface area contributed by atoms with Crippen molar-refractivity contribution in [2.45, 2.75) is 24.8 Å². The van der Waals surface area contributed by atoms with Crippen LogP contribution in [0.3, 0.4) is 0 Å². The molecule has 1 N–H and O–H groups in total. The summed E-state index contributed by atoms with van der Waals surface area (Å²) in [6.07, 6.45) is 4.58. The van der Waals surface area contributed by atoms with Crippen LogP contribution in [0.4, 0.5) is 0 Å². The lowest BCUT2D eigenvalue weighted by Crippen LogP contribution is -2.45. The lowest BCUT2D eigenvalue weighted by molar-refractivity contribution is 0.0880. The molecule has 2 aromatic rings. The number of aromatic nitrogens is 2. The minimum absolute atomic E-state index is 0.00284. The van der Waals surface area contributed by atoms with Crippen molar-refractivity contribution < 1.29 is 4.79 Å². The van der Waals surface area contributed by atoms with Gasteiger partial charge in [0, 0.05) is 11.1 Å². The van der Waals surface area contributed by atoms with Crippen molar-refractivity contribution in [3.8, 4) is 11.3 Å². The summed E-state index contributed by atoms with van der Waals surface area (Å²) in [4.78, 5) is 20.1. The van der Waals surface area contributed by atoms with Crippen molar-refractivity contribution in [3.63, 3.8) is 0 Å². The SMILES string of the molecule is O=C1NC2(CCC2)c2cc(-c3nc(Cl)ncc3Cl)ccc21. The van der Waals surface area contributed by atoms with E-state index >= 15 is 0 Å². The third-order valence-corrected chi connectivity index (χ3v) is 4.79. The zero-order valence-electron chi connectivity index (χ0n) is 11.0. The van der Waals surface area contributed by atoms with Gasteiger partial charge < -0.3 is 5.32 Å². The van der Waals surface area contributed by atoms with E-state index in [0.717, 1.165) is 36.0 Å². The van der Waals surface area contributed by atoms with Crippen molar-refractivity contribution in [1.29, 1.82) is 0 Å². The summed E-state index contributed by atoms with van der Waals surface area (Å²) in [5, 5.41) is 3.70. The van der Waals surface area contributed by atoms with Crippen molar-refractivity contribution in [1.82, 2.24) is 15.3 Å². The molecule has 0 atom stereocenters. The summed E-state index contributed by atoms with van der Waals surface area (Å²) in [5.74, 6) is 0.00284. The number of carbonyl (C=O) groups is 1. The van der Waals surface area contributed by atoms with Crippen LogP contribution in [0.25, 0.3) is 11.3 Å². The molecule has 1 spiro atoms. The summed E-state index contributed by atoms with van der Waals surface area (Å²) in [5.41, 5.74) is 3.04. The van der Waals surface area contributed by atoms with Crippen LogP contribution in [0.2, 0.25) is 10.3 Å². The molecule has 4 rings (SSSR count). The number of amides is 1. The van der Waals surface area contributed by atoms with Crippen LogP contribution in [0.5, 0.6) is 0 Å². The van der Waals surface area contributed by atoms with Gasteiger partial charge in [-0.15, -0.1) is 0 Å². The molecule has 1 fully saturated rings. The average molecular weight is 320 g/mol. The fourth-order valence-corrected chi connectivity index (χ4v) is 3.44. The maximum Gasteiger partial charge on any atom is 0.252 e. The molecular weight excluding hydrogens is 309 g/mol. The van der Waals surface area contributed by atoms with E-state index in [1.165, 1.54) is 6.20 Å². The number of hydrogen-bond donors (Lipinski definition) is 1. The third-order valence-electron chi connectivity index (χ3n) is 4.33. The smallest absolute Gasteiger partial charge is 0.252 e. The largest absolute Gasteiger partial charge is 0.342 e. The van der Waals surface area contributed by atoms with Crippen LogP contribution in [0.1, 0.15) is 35.2 Å². The van der Waals surface area contributed by atoms with Crippen LogP contribution in [0, 0.1) is 0 Å². The molecule has 6 heteroatoms. The zero-order chi connectivity index (χ0) is 14.6. The summed E-state index contributed by atoms with van der Waals surface area (Å²) < 4.78 is 0. The Labute approximate surface area is 131 Å². The zero-order valence-corrected chi connectivity index (χ0v) is 12.5. The predicted octanol–water partition coefficient (Wildman–Crippen LogP) is 3.57. The van der Waals surface area contributed by atoms with E-state index in [2.05, 4.69) is 15.3 Å².